The van der Waals surface area contributed by atoms with Gasteiger partial charge in [0.1, 0.15) is 0 Å². The van der Waals surface area contributed by atoms with E-state index in [2.05, 4.69) is 29.3 Å². The SMILES string of the molecule is CCCC1CN(c2ccc3c(c2)OCCCO3)CCN1. The van der Waals surface area contributed by atoms with Crippen LogP contribution in [-0.2, 0) is 0 Å². The van der Waals surface area contributed by atoms with Gasteiger partial charge in [0, 0.05) is 43.9 Å². The highest BCUT2D eigenvalue weighted by Crippen LogP contribution is 2.34. The van der Waals surface area contributed by atoms with Crippen LogP contribution in [0.25, 0.3) is 0 Å². The molecule has 0 aromatic heterocycles. The Balaban J connectivity index is 1.74. The number of anilines is 1. The maximum atomic E-state index is 5.79. The van der Waals surface area contributed by atoms with E-state index in [4.69, 9.17) is 9.47 Å². The van der Waals surface area contributed by atoms with Crippen molar-refractivity contribution in [1.29, 1.82) is 0 Å². The van der Waals surface area contributed by atoms with Crippen LogP contribution < -0.4 is 19.7 Å². The van der Waals surface area contributed by atoms with Gasteiger partial charge in [-0.15, -0.1) is 0 Å². The van der Waals surface area contributed by atoms with Crippen LogP contribution in [0.1, 0.15) is 26.2 Å². The Bertz CT molecular complexity index is 448. The summed E-state index contributed by atoms with van der Waals surface area (Å²) >= 11 is 0. The van der Waals surface area contributed by atoms with Crippen LogP contribution in [0.2, 0.25) is 0 Å². The van der Waals surface area contributed by atoms with Crippen LogP contribution in [0.5, 0.6) is 11.5 Å². The molecule has 1 atom stereocenters. The highest BCUT2D eigenvalue weighted by Gasteiger charge is 2.20. The zero-order chi connectivity index (χ0) is 13.8. The topological polar surface area (TPSA) is 33.7 Å². The Morgan fingerprint density at radius 1 is 1.25 bits per heavy atom. The third-order valence-electron chi connectivity index (χ3n) is 3.99. The third kappa shape index (κ3) is 3.01. The number of fused-ring (bicyclic) bond motifs is 1. The van der Waals surface area contributed by atoms with Gasteiger partial charge in [-0.05, 0) is 18.6 Å². The van der Waals surface area contributed by atoms with Gasteiger partial charge < -0.3 is 19.7 Å². The van der Waals surface area contributed by atoms with Crippen molar-refractivity contribution in [3.63, 3.8) is 0 Å². The number of benzene rings is 1. The molecule has 0 aliphatic carbocycles. The van der Waals surface area contributed by atoms with Gasteiger partial charge >= 0.3 is 0 Å². The number of hydrogen-bond donors (Lipinski definition) is 1. The maximum absolute atomic E-state index is 5.79. The van der Waals surface area contributed by atoms with Crippen molar-refractivity contribution in [1.82, 2.24) is 5.32 Å². The van der Waals surface area contributed by atoms with Gasteiger partial charge in [0.25, 0.3) is 0 Å². The molecule has 4 heteroatoms. The Morgan fingerprint density at radius 3 is 2.95 bits per heavy atom. The maximum Gasteiger partial charge on any atom is 0.163 e. The molecule has 0 saturated carbocycles. The number of nitrogens with one attached hydrogen (secondary N) is 1. The van der Waals surface area contributed by atoms with E-state index in [1.54, 1.807) is 0 Å². The number of hydrogen-bond acceptors (Lipinski definition) is 4. The van der Waals surface area contributed by atoms with Crippen LogP contribution in [0, 0.1) is 0 Å². The summed E-state index contributed by atoms with van der Waals surface area (Å²) in [6.45, 7) is 6.93. The van der Waals surface area contributed by atoms with Crippen molar-refractivity contribution in [2.75, 3.05) is 37.7 Å². The molecule has 110 valence electrons. The normalized spacial score (nSPS) is 22.4. The smallest absolute Gasteiger partial charge is 0.163 e. The van der Waals surface area contributed by atoms with Crippen LogP contribution >= 0.6 is 0 Å². The second-order valence-corrected chi connectivity index (χ2v) is 5.57. The molecule has 0 radical (unpaired) electrons. The van der Waals surface area contributed by atoms with E-state index in [-0.39, 0.29) is 0 Å². The molecule has 0 bridgehead atoms. The highest BCUT2D eigenvalue weighted by atomic mass is 16.5. The van der Waals surface area contributed by atoms with Crippen molar-refractivity contribution in [2.45, 2.75) is 32.2 Å². The van der Waals surface area contributed by atoms with Crippen molar-refractivity contribution >= 4 is 5.69 Å². The fourth-order valence-corrected chi connectivity index (χ4v) is 2.95. The molecular weight excluding hydrogens is 252 g/mol. The second kappa shape index (κ2) is 6.35. The average Bonchev–Trinajstić information content (AvgIpc) is 2.72. The lowest BCUT2D eigenvalue weighted by Crippen LogP contribution is -2.50. The van der Waals surface area contributed by atoms with Crippen LogP contribution in [-0.4, -0.2) is 38.9 Å². The Hall–Kier alpha value is -1.42. The first kappa shape index (κ1) is 13.6. The predicted octanol–water partition coefficient (Wildman–Crippen LogP) is 2.43. The zero-order valence-corrected chi connectivity index (χ0v) is 12.2. The minimum atomic E-state index is 0.602. The fourth-order valence-electron chi connectivity index (χ4n) is 2.95. The van der Waals surface area contributed by atoms with E-state index in [0.717, 1.165) is 50.8 Å². The summed E-state index contributed by atoms with van der Waals surface area (Å²) in [4.78, 5) is 2.45. The molecular formula is C16H24N2O2. The zero-order valence-electron chi connectivity index (χ0n) is 12.2. The Labute approximate surface area is 121 Å². The number of ether oxygens (including phenoxy) is 2. The van der Waals surface area contributed by atoms with Crippen molar-refractivity contribution < 1.29 is 9.47 Å². The molecule has 2 heterocycles. The summed E-state index contributed by atoms with van der Waals surface area (Å²) in [5.74, 6) is 1.78. The molecule has 2 aliphatic heterocycles. The standard InChI is InChI=1S/C16H24N2O2/c1-2-4-13-12-18(8-7-17-13)14-5-6-15-16(11-14)20-10-3-9-19-15/h5-6,11,13,17H,2-4,7-10,12H2,1H3. The molecule has 20 heavy (non-hydrogen) atoms. The lowest BCUT2D eigenvalue weighted by Gasteiger charge is -2.35. The van der Waals surface area contributed by atoms with E-state index in [9.17, 15) is 0 Å². The Morgan fingerprint density at radius 2 is 2.10 bits per heavy atom. The summed E-state index contributed by atoms with van der Waals surface area (Å²) < 4.78 is 11.5. The molecule has 1 unspecified atom stereocenters. The lowest BCUT2D eigenvalue weighted by atomic mass is 10.1. The number of rotatable bonds is 3. The molecule has 1 saturated heterocycles. The van der Waals surface area contributed by atoms with E-state index < -0.39 is 0 Å². The molecule has 1 fully saturated rings. The van der Waals surface area contributed by atoms with Crippen molar-refractivity contribution in [3.05, 3.63) is 18.2 Å². The van der Waals surface area contributed by atoms with E-state index in [1.807, 2.05) is 6.07 Å². The van der Waals surface area contributed by atoms with E-state index >= 15 is 0 Å². The van der Waals surface area contributed by atoms with E-state index in [0.29, 0.717) is 6.04 Å². The molecule has 1 N–H and O–H groups in total. The first-order valence-electron chi connectivity index (χ1n) is 7.75. The Kier molecular flexibility index (Phi) is 4.31. The minimum Gasteiger partial charge on any atom is -0.490 e. The lowest BCUT2D eigenvalue weighted by molar-refractivity contribution is 0.297. The quantitative estimate of drug-likeness (QED) is 0.919. The minimum absolute atomic E-state index is 0.602. The number of piperazine rings is 1. The van der Waals surface area contributed by atoms with Gasteiger partial charge in [-0.25, -0.2) is 0 Å². The molecule has 3 rings (SSSR count). The van der Waals surface area contributed by atoms with Crippen molar-refractivity contribution in [3.8, 4) is 11.5 Å². The molecule has 1 aromatic rings. The van der Waals surface area contributed by atoms with Crippen LogP contribution in [0.15, 0.2) is 18.2 Å². The van der Waals surface area contributed by atoms with Gasteiger partial charge in [0.05, 0.1) is 13.2 Å². The second-order valence-electron chi connectivity index (χ2n) is 5.57. The van der Waals surface area contributed by atoms with Gasteiger partial charge in [-0.2, -0.15) is 0 Å². The summed E-state index contributed by atoms with van der Waals surface area (Å²) in [7, 11) is 0. The van der Waals surface area contributed by atoms with Gasteiger partial charge in [-0.3, -0.25) is 0 Å². The third-order valence-corrected chi connectivity index (χ3v) is 3.99. The van der Waals surface area contributed by atoms with Gasteiger partial charge in [0.2, 0.25) is 0 Å². The van der Waals surface area contributed by atoms with Gasteiger partial charge in [-0.1, -0.05) is 13.3 Å². The molecule has 0 spiro atoms. The first-order valence-corrected chi connectivity index (χ1v) is 7.75. The average molecular weight is 276 g/mol. The summed E-state index contributed by atoms with van der Waals surface area (Å²) in [6.07, 6.45) is 3.42. The molecule has 4 nitrogen and oxygen atoms in total. The van der Waals surface area contributed by atoms with Crippen molar-refractivity contribution in [2.24, 2.45) is 0 Å². The first-order chi connectivity index (χ1) is 9.86. The van der Waals surface area contributed by atoms with Crippen LogP contribution in [0.3, 0.4) is 0 Å². The summed E-state index contributed by atoms with van der Waals surface area (Å²) in [5, 5.41) is 3.59. The molecule has 1 aromatic carbocycles. The summed E-state index contributed by atoms with van der Waals surface area (Å²) in [6, 6.07) is 6.94. The molecule has 2 aliphatic rings. The number of nitrogens with zero attached hydrogens (tertiary/aromatic N) is 1. The fraction of sp³-hybridized carbons (Fsp3) is 0.625. The van der Waals surface area contributed by atoms with Gasteiger partial charge in [0.15, 0.2) is 11.5 Å². The predicted molar refractivity (Wildman–Crippen MR) is 81.0 cm³/mol. The molecule has 0 amide bonds. The van der Waals surface area contributed by atoms with E-state index in [1.165, 1.54) is 18.5 Å². The largest absolute Gasteiger partial charge is 0.490 e. The summed E-state index contributed by atoms with van der Waals surface area (Å²) in [5.41, 5.74) is 1.25. The highest BCUT2D eigenvalue weighted by molar-refractivity contribution is 5.57. The monoisotopic (exact) mass is 276 g/mol. The van der Waals surface area contributed by atoms with Crippen LogP contribution in [0.4, 0.5) is 5.69 Å².